The third-order valence-electron chi connectivity index (χ3n) is 5.74. The van der Waals surface area contributed by atoms with Crippen LogP contribution in [0.4, 0.5) is 11.8 Å². The molecule has 4 rings (SSSR count). The first-order chi connectivity index (χ1) is 12.9. The molecule has 0 radical (unpaired) electrons. The Balaban J connectivity index is 1.53. The molecule has 0 N–H and O–H groups in total. The van der Waals surface area contributed by atoms with Crippen LogP contribution in [0, 0.1) is 6.92 Å². The zero-order valence-electron chi connectivity index (χ0n) is 16.1. The van der Waals surface area contributed by atoms with Gasteiger partial charge in [0.1, 0.15) is 5.82 Å². The minimum Gasteiger partial charge on any atom is -0.356 e. The number of hydrogen-bond donors (Lipinski definition) is 0. The molecule has 3 fully saturated rings. The number of aryl methyl sites for hydroxylation is 1. The van der Waals surface area contributed by atoms with Crippen LogP contribution in [0.5, 0.6) is 0 Å². The Hall–Kier alpha value is -1.45. The smallest absolute Gasteiger partial charge is 0.227 e. The van der Waals surface area contributed by atoms with Crippen molar-refractivity contribution in [1.82, 2.24) is 9.97 Å². The van der Waals surface area contributed by atoms with Crippen LogP contribution < -0.4 is 9.80 Å². The lowest BCUT2D eigenvalue weighted by Crippen LogP contribution is -2.45. The second-order valence-electron chi connectivity index (χ2n) is 7.61. The summed E-state index contributed by atoms with van der Waals surface area (Å²) in [4.78, 5) is 13.7. The van der Waals surface area contributed by atoms with Crippen molar-refractivity contribution in [2.24, 2.45) is 0 Å². The van der Waals surface area contributed by atoms with Gasteiger partial charge in [-0.2, -0.15) is 4.98 Å². The summed E-state index contributed by atoms with van der Waals surface area (Å²) in [5.41, 5.74) is 0.892. The highest BCUT2D eigenvalue weighted by Crippen LogP contribution is 2.33. The van der Waals surface area contributed by atoms with E-state index in [-0.39, 0.29) is 17.5 Å². The van der Waals surface area contributed by atoms with Gasteiger partial charge in [-0.15, -0.1) is 0 Å². The standard InChI is InChI=1S/C18H28N4O4S/c1-3-22(15-4-11-27(23,24)13-15)17-19-14(2)12-16(20-17)21-7-5-18(6-8-21)25-9-10-26-18/h12,15H,3-11,13H2,1-2H3. The van der Waals surface area contributed by atoms with Gasteiger partial charge in [-0.3, -0.25) is 0 Å². The Morgan fingerprint density at radius 2 is 1.96 bits per heavy atom. The molecule has 1 atom stereocenters. The predicted octanol–water partition coefficient (Wildman–Crippen LogP) is 1.14. The van der Waals surface area contributed by atoms with Gasteiger partial charge in [-0.05, 0) is 20.3 Å². The van der Waals surface area contributed by atoms with Crippen LogP contribution in [0.3, 0.4) is 0 Å². The maximum Gasteiger partial charge on any atom is 0.227 e. The zero-order valence-corrected chi connectivity index (χ0v) is 16.9. The van der Waals surface area contributed by atoms with E-state index >= 15 is 0 Å². The molecule has 0 aromatic carbocycles. The minimum atomic E-state index is -2.95. The molecule has 150 valence electrons. The molecule has 1 aromatic heterocycles. The Morgan fingerprint density at radius 3 is 2.56 bits per heavy atom. The van der Waals surface area contributed by atoms with Gasteiger partial charge < -0.3 is 19.3 Å². The summed E-state index contributed by atoms with van der Waals surface area (Å²) in [5.74, 6) is 1.55. The van der Waals surface area contributed by atoms with Crippen molar-refractivity contribution in [3.05, 3.63) is 11.8 Å². The molecule has 1 spiro atoms. The molecule has 9 heteroatoms. The van der Waals surface area contributed by atoms with Gasteiger partial charge in [0.25, 0.3) is 0 Å². The minimum absolute atomic E-state index is 0.0421. The number of aromatic nitrogens is 2. The van der Waals surface area contributed by atoms with E-state index < -0.39 is 15.6 Å². The van der Waals surface area contributed by atoms with Crippen molar-refractivity contribution >= 4 is 21.6 Å². The normalized spacial score (nSPS) is 26.6. The van der Waals surface area contributed by atoms with E-state index in [4.69, 9.17) is 14.5 Å². The third kappa shape index (κ3) is 3.90. The van der Waals surface area contributed by atoms with Gasteiger partial charge in [-0.25, -0.2) is 13.4 Å². The summed E-state index contributed by atoms with van der Waals surface area (Å²) in [6.45, 7) is 7.66. The second-order valence-corrected chi connectivity index (χ2v) is 9.83. The second kappa shape index (κ2) is 7.18. The summed E-state index contributed by atoms with van der Waals surface area (Å²) in [6.07, 6.45) is 2.29. The van der Waals surface area contributed by atoms with Crippen LogP contribution in [0.15, 0.2) is 6.07 Å². The van der Waals surface area contributed by atoms with Crippen LogP contribution in [-0.4, -0.2) is 74.6 Å². The zero-order chi connectivity index (χ0) is 19.1. The highest BCUT2D eigenvalue weighted by atomic mass is 32.2. The number of piperidine rings is 1. The molecule has 3 aliphatic heterocycles. The van der Waals surface area contributed by atoms with Crippen molar-refractivity contribution < 1.29 is 17.9 Å². The number of hydrogen-bond acceptors (Lipinski definition) is 8. The van der Waals surface area contributed by atoms with E-state index in [0.717, 1.165) is 37.4 Å². The van der Waals surface area contributed by atoms with E-state index in [0.29, 0.717) is 32.1 Å². The summed E-state index contributed by atoms with van der Waals surface area (Å²) in [5, 5.41) is 0. The van der Waals surface area contributed by atoms with Crippen LogP contribution in [0.2, 0.25) is 0 Å². The number of nitrogens with zero attached hydrogens (tertiary/aromatic N) is 4. The molecular weight excluding hydrogens is 368 g/mol. The molecule has 1 aromatic rings. The van der Waals surface area contributed by atoms with Crippen LogP contribution in [-0.2, 0) is 19.3 Å². The van der Waals surface area contributed by atoms with E-state index in [9.17, 15) is 8.42 Å². The lowest BCUT2D eigenvalue weighted by Gasteiger charge is -2.38. The van der Waals surface area contributed by atoms with Gasteiger partial charge >= 0.3 is 0 Å². The van der Waals surface area contributed by atoms with E-state index in [1.54, 1.807) is 0 Å². The maximum absolute atomic E-state index is 11.9. The fourth-order valence-corrected chi connectivity index (χ4v) is 6.00. The Bertz CT molecular complexity index is 785. The summed E-state index contributed by atoms with van der Waals surface area (Å²) < 4.78 is 35.4. The molecule has 8 nitrogen and oxygen atoms in total. The monoisotopic (exact) mass is 396 g/mol. The molecule has 0 amide bonds. The molecule has 3 saturated heterocycles. The van der Waals surface area contributed by atoms with Crippen LogP contribution in [0.1, 0.15) is 31.9 Å². The Kier molecular flexibility index (Phi) is 5.02. The third-order valence-corrected chi connectivity index (χ3v) is 7.49. The van der Waals surface area contributed by atoms with Crippen molar-refractivity contribution in [1.29, 1.82) is 0 Å². The highest BCUT2D eigenvalue weighted by Gasteiger charge is 2.40. The van der Waals surface area contributed by atoms with Gasteiger partial charge in [0.05, 0.1) is 24.7 Å². The molecule has 0 saturated carbocycles. The predicted molar refractivity (Wildman–Crippen MR) is 103 cm³/mol. The van der Waals surface area contributed by atoms with Gasteiger partial charge in [-0.1, -0.05) is 0 Å². The summed E-state index contributed by atoms with van der Waals surface area (Å²) in [7, 11) is -2.95. The highest BCUT2D eigenvalue weighted by molar-refractivity contribution is 7.91. The first-order valence-electron chi connectivity index (χ1n) is 9.75. The molecule has 0 bridgehead atoms. The molecule has 4 heterocycles. The molecular formula is C18H28N4O4S. The molecule has 3 aliphatic rings. The topological polar surface area (TPSA) is 84.9 Å². The van der Waals surface area contributed by atoms with Crippen molar-refractivity contribution in [2.45, 2.75) is 44.9 Å². The molecule has 1 unspecified atom stereocenters. The summed E-state index contributed by atoms with van der Waals surface area (Å²) in [6, 6.07) is 1.96. The van der Waals surface area contributed by atoms with Crippen molar-refractivity contribution in [2.75, 3.05) is 54.2 Å². The first kappa shape index (κ1) is 18.9. The van der Waals surface area contributed by atoms with E-state index in [1.165, 1.54) is 0 Å². The van der Waals surface area contributed by atoms with Crippen LogP contribution >= 0.6 is 0 Å². The lowest BCUT2D eigenvalue weighted by molar-refractivity contribution is -0.169. The lowest BCUT2D eigenvalue weighted by atomic mass is 10.0. The van der Waals surface area contributed by atoms with E-state index in [1.807, 2.05) is 24.8 Å². The van der Waals surface area contributed by atoms with Gasteiger partial charge in [0.15, 0.2) is 15.6 Å². The fraction of sp³-hybridized carbons (Fsp3) is 0.778. The van der Waals surface area contributed by atoms with E-state index in [2.05, 4.69) is 9.88 Å². The number of anilines is 2. The molecule has 27 heavy (non-hydrogen) atoms. The van der Waals surface area contributed by atoms with Crippen molar-refractivity contribution in [3.63, 3.8) is 0 Å². The fourth-order valence-electron chi connectivity index (χ4n) is 4.27. The summed E-state index contributed by atoms with van der Waals surface area (Å²) >= 11 is 0. The van der Waals surface area contributed by atoms with Gasteiger partial charge in [0.2, 0.25) is 5.95 Å². The Morgan fingerprint density at radius 1 is 1.26 bits per heavy atom. The SMILES string of the molecule is CCN(c1nc(C)cc(N2CCC3(CC2)OCCO3)n1)C1CCS(=O)(=O)C1. The van der Waals surface area contributed by atoms with Crippen LogP contribution in [0.25, 0.3) is 0 Å². The first-order valence-corrected chi connectivity index (χ1v) is 11.6. The molecule has 0 aliphatic carbocycles. The quantitative estimate of drug-likeness (QED) is 0.749. The Labute approximate surface area is 160 Å². The average Bonchev–Trinajstić information content (AvgIpc) is 3.22. The average molecular weight is 397 g/mol. The van der Waals surface area contributed by atoms with Crippen molar-refractivity contribution in [3.8, 4) is 0 Å². The number of ether oxygens (including phenoxy) is 2. The number of sulfone groups is 1. The van der Waals surface area contributed by atoms with Gasteiger partial charge in [0, 0.05) is 50.3 Å². The largest absolute Gasteiger partial charge is 0.356 e. The maximum atomic E-state index is 11.9. The number of rotatable bonds is 4.